The third-order valence-corrected chi connectivity index (χ3v) is 2.85. The number of aromatic nitrogens is 2. The van der Waals surface area contributed by atoms with E-state index < -0.39 is 16.5 Å². The SMILES string of the molecule is CC(C)[C@H]1c2nc[nH]c2CCN1C(=O)O.O.O=S(=O)(O)O. The summed E-state index contributed by atoms with van der Waals surface area (Å²) in [6, 6.07) is -0.113. The second kappa shape index (κ2) is 7.36. The molecule has 0 spiro atoms. The molecule has 1 amide bonds. The molecule has 6 N–H and O–H groups in total. The van der Waals surface area contributed by atoms with Gasteiger partial charge in [-0.1, -0.05) is 13.8 Å². The summed E-state index contributed by atoms with van der Waals surface area (Å²) in [6.45, 7) is 4.59. The zero-order valence-electron chi connectivity index (χ0n) is 11.5. The van der Waals surface area contributed by atoms with E-state index in [1.165, 1.54) is 4.90 Å². The second-order valence-electron chi connectivity index (χ2n) is 4.63. The molecule has 1 aliphatic heterocycles. The molecule has 0 bridgehead atoms. The van der Waals surface area contributed by atoms with E-state index in [1.807, 2.05) is 13.8 Å². The Kier molecular flexibility index (Phi) is 6.76. The van der Waals surface area contributed by atoms with Gasteiger partial charge in [0.2, 0.25) is 0 Å². The van der Waals surface area contributed by atoms with Crippen LogP contribution in [0.4, 0.5) is 4.79 Å². The number of hydrogen-bond acceptors (Lipinski definition) is 4. The van der Waals surface area contributed by atoms with E-state index in [9.17, 15) is 4.79 Å². The van der Waals surface area contributed by atoms with Crippen molar-refractivity contribution >= 4 is 16.5 Å². The summed E-state index contributed by atoms with van der Waals surface area (Å²) < 4.78 is 31.6. The highest BCUT2D eigenvalue weighted by Gasteiger charge is 2.34. The van der Waals surface area contributed by atoms with Crippen LogP contribution < -0.4 is 0 Å². The predicted molar refractivity (Wildman–Crippen MR) is 72.4 cm³/mol. The first-order chi connectivity index (χ1) is 9.11. The van der Waals surface area contributed by atoms with Crippen molar-refractivity contribution in [1.29, 1.82) is 0 Å². The van der Waals surface area contributed by atoms with Gasteiger partial charge in [-0.2, -0.15) is 8.42 Å². The third-order valence-electron chi connectivity index (χ3n) is 2.85. The van der Waals surface area contributed by atoms with E-state index in [1.54, 1.807) is 6.33 Å². The standard InChI is InChI=1S/C10H15N3O2.H2O4S.H2O/c1-6(2)9-8-7(11-5-12-8)3-4-13(9)10(14)15;1-5(2,3)4;/h5-6,9H,3-4H2,1-2H3,(H,11,12)(H,14,15);(H2,1,2,3,4);1H2/t9-;;/m0../s1. The minimum atomic E-state index is -4.67. The van der Waals surface area contributed by atoms with Gasteiger partial charge < -0.3 is 15.6 Å². The van der Waals surface area contributed by atoms with Crippen LogP contribution in [-0.2, 0) is 16.8 Å². The van der Waals surface area contributed by atoms with Gasteiger partial charge in [-0.15, -0.1) is 0 Å². The average molecular weight is 325 g/mol. The summed E-state index contributed by atoms with van der Waals surface area (Å²) in [5.74, 6) is 0.239. The zero-order valence-corrected chi connectivity index (χ0v) is 12.3. The minimum Gasteiger partial charge on any atom is -0.465 e. The molecule has 0 saturated carbocycles. The Morgan fingerprint density at radius 3 is 2.43 bits per heavy atom. The molecular weight excluding hydrogens is 306 g/mol. The van der Waals surface area contributed by atoms with Crippen molar-refractivity contribution in [2.45, 2.75) is 26.3 Å². The van der Waals surface area contributed by atoms with Crippen molar-refractivity contribution < 1.29 is 32.9 Å². The first-order valence-corrected chi connectivity index (χ1v) is 7.22. The van der Waals surface area contributed by atoms with Gasteiger partial charge in [0.15, 0.2) is 0 Å². The Balaban J connectivity index is 0.000000583. The maximum atomic E-state index is 11.1. The van der Waals surface area contributed by atoms with Crippen LogP contribution in [0.2, 0.25) is 0 Å². The molecule has 11 heteroatoms. The van der Waals surface area contributed by atoms with Crippen molar-refractivity contribution in [2.75, 3.05) is 6.54 Å². The summed E-state index contributed by atoms with van der Waals surface area (Å²) in [7, 11) is -4.67. The van der Waals surface area contributed by atoms with Gasteiger partial charge in [0.1, 0.15) is 0 Å². The van der Waals surface area contributed by atoms with Crippen LogP contribution >= 0.6 is 0 Å². The fraction of sp³-hybridized carbons (Fsp3) is 0.600. The highest BCUT2D eigenvalue weighted by Crippen LogP contribution is 2.32. The van der Waals surface area contributed by atoms with Gasteiger partial charge >= 0.3 is 16.5 Å². The van der Waals surface area contributed by atoms with Gasteiger partial charge in [-0.05, 0) is 5.92 Å². The number of fused-ring (bicyclic) bond motifs is 1. The Hall–Kier alpha value is -1.69. The molecule has 0 aromatic carbocycles. The Morgan fingerprint density at radius 1 is 1.48 bits per heavy atom. The molecule has 2 rings (SSSR count). The van der Waals surface area contributed by atoms with Gasteiger partial charge in [0, 0.05) is 18.7 Å². The lowest BCUT2D eigenvalue weighted by Crippen LogP contribution is -2.41. The lowest BCUT2D eigenvalue weighted by Gasteiger charge is -2.35. The molecule has 0 radical (unpaired) electrons. The van der Waals surface area contributed by atoms with Crippen LogP contribution in [0.1, 0.15) is 31.3 Å². The number of rotatable bonds is 1. The minimum absolute atomic E-state index is 0. The molecule has 0 fully saturated rings. The number of hydrogen-bond donors (Lipinski definition) is 4. The summed E-state index contributed by atoms with van der Waals surface area (Å²) >= 11 is 0. The lowest BCUT2D eigenvalue weighted by molar-refractivity contribution is 0.103. The number of nitrogens with one attached hydrogen (secondary N) is 1. The Labute approximate surface area is 121 Å². The van der Waals surface area contributed by atoms with Crippen molar-refractivity contribution in [1.82, 2.24) is 14.9 Å². The summed E-state index contributed by atoms with van der Waals surface area (Å²) in [4.78, 5) is 19.9. The largest absolute Gasteiger partial charge is 0.465 e. The maximum Gasteiger partial charge on any atom is 0.407 e. The summed E-state index contributed by atoms with van der Waals surface area (Å²) in [5, 5.41) is 9.11. The van der Waals surface area contributed by atoms with Crippen LogP contribution in [0.25, 0.3) is 0 Å². The molecule has 122 valence electrons. The average Bonchev–Trinajstić information content (AvgIpc) is 2.72. The Bertz CT molecular complexity index is 561. The molecule has 21 heavy (non-hydrogen) atoms. The third kappa shape index (κ3) is 5.67. The smallest absolute Gasteiger partial charge is 0.407 e. The van der Waals surface area contributed by atoms with Crippen molar-refractivity contribution in [2.24, 2.45) is 5.92 Å². The number of carbonyl (C=O) groups is 1. The van der Waals surface area contributed by atoms with Crippen molar-refractivity contribution in [3.63, 3.8) is 0 Å². The van der Waals surface area contributed by atoms with Crippen LogP contribution in [-0.4, -0.2) is 55.6 Å². The maximum absolute atomic E-state index is 11.1. The molecule has 2 heterocycles. The number of amides is 1. The first kappa shape index (κ1) is 19.3. The highest BCUT2D eigenvalue weighted by atomic mass is 32.3. The van der Waals surface area contributed by atoms with Gasteiger partial charge in [-0.3, -0.25) is 14.0 Å². The zero-order chi connectivity index (χ0) is 15.5. The number of imidazole rings is 1. The normalized spacial score (nSPS) is 17.4. The summed E-state index contributed by atoms with van der Waals surface area (Å²) in [5.41, 5.74) is 1.96. The predicted octanol–water partition coefficient (Wildman–Crippen LogP) is 0.165. The highest BCUT2D eigenvalue weighted by molar-refractivity contribution is 7.79. The Morgan fingerprint density at radius 2 is 2.00 bits per heavy atom. The molecule has 1 aromatic heterocycles. The van der Waals surface area contributed by atoms with E-state index in [4.69, 9.17) is 22.6 Å². The fourth-order valence-corrected chi connectivity index (χ4v) is 2.20. The molecule has 0 aliphatic carbocycles. The second-order valence-corrected chi connectivity index (χ2v) is 5.52. The van der Waals surface area contributed by atoms with Crippen LogP contribution in [0, 0.1) is 5.92 Å². The molecule has 1 aromatic rings. The van der Waals surface area contributed by atoms with Crippen LogP contribution in [0.5, 0.6) is 0 Å². The number of aromatic amines is 1. The quantitative estimate of drug-likeness (QED) is 0.531. The first-order valence-electron chi connectivity index (χ1n) is 5.82. The van der Waals surface area contributed by atoms with Crippen molar-refractivity contribution in [3.05, 3.63) is 17.7 Å². The molecule has 1 atom stereocenters. The number of nitrogens with zero attached hydrogens (tertiary/aromatic N) is 2. The fourth-order valence-electron chi connectivity index (χ4n) is 2.20. The van der Waals surface area contributed by atoms with Gasteiger partial charge in [-0.25, -0.2) is 9.78 Å². The molecular formula is C10H19N3O7S. The number of H-pyrrole nitrogens is 1. The lowest BCUT2D eigenvalue weighted by atomic mass is 9.94. The molecule has 0 saturated heterocycles. The van der Waals surface area contributed by atoms with Crippen LogP contribution in [0.3, 0.4) is 0 Å². The molecule has 1 aliphatic rings. The molecule has 0 unspecified atom stereocenters. The molecule has 10 nitrogen and oxygen atoms in total. The van der Waals surface area contributed by atoms with E-state index in [2.05, 4.69) is 9.97 Å². The van der Waals surface area contributed by atoms with Gasteiger partial charge in [0.05, 0.1) is 18.1 Å². The summed E-state index contributed by atoms with van der Waals surface area (Å²) in [6.07, 6.45) is 1.51. The monoisotopic (exact) mass is 325 g/mol. The van der Waals surface area contributed by atoms with Crippen molar-refractivity contribution in [3.8, 4) is 0 Å². The topological polar surface area (TPSA) is 175 Å². The van der Waals surface area contributed by atoms with Crippen LogP contribution in [0.15, 0.2) is 6.33 Å². The van der Waals surface area contributed by atoms with E-state index in [0.717, 1.165) is 17.8 Å². The van der Waals surface area contributed by atoms with E-state index in [0.29, 0.717) is 6.54 Å². The van der Waals surface area contributed by atoms with E-state index in [-0.39, 0.29) is 17.4 Å². The number of carboxylic acid groups (broad SMARTS) is 1. The van der Waals surface area contributed by atoms with E-state index >= 15 is 0 Å². The van der Waals surface area contributed by atoms with Gasteiger partial charge in [0.25, 0.3) is 0 Å².